The Balaban J connectivity index is 1.55. The van der Waals surface area contributed by atoms with Crippen LogP contribution in [-0.2, 0) is 29.0 Å². The average molecular weight is 288 g/mol. The highest BCUT2D eigenvalue weighted by molar-refractivity contribution is 7.15. The van der Waals surface area contributed by atoms with Gasteiger partial charge in [0.15, 0.2) is 5.13 Å². The number of ether oxygens (including phenoxy) is 1. The number of hydrogen-bond acceptors (Lipinski definition) is 4. The van der Waals surface area contributed by atoms with Gasteiger partial charge in [-0.15, -0.1) is 0 Å². The number of anilines is 1. The molecule has 1 amide bonds. The summed E-state index contributed by atoms with van der Waals surface area (Å²) in [5.74, 6) is 0.0147. The first-order chi connectivity index (χ1) is 9.81. The monoisotopic (exact) mass is 288 g/mol. The van der Waals surface area contributed by atoms with Crippen LogP contribution in [0.25, 0.3) is 0 Å². The first-order valence-corrected chi connectivity index (χ1v) is 7.53. The fourth-order valence-electron chi connectivity index (χ4n) is 2.16. The van der Waals surface area contributed by atoms with Crippen LogP contribution >= 0.6 is 11.3 Å². The molecule has 0 spiro atoms. The lowest BCUT2D eigenvalue weighted by Gasteiger charge is -2.08. The van der Waals surface area contributed by atoms with Crippen molar-refractivity contribution in [3.05, 3.63) is 46.5 Å². The molecule has 4 nitrogen and oxygen atoms in total. The van der Waals surface area contributed by atoms with Crippen molar-refractivity contribution in [1.29, 1.82) is 0 Å². The molecule has 0 radical (unpaired) electrons. The van der Waals surface area contributed by atoms with Gasteiger partial charge in [0.25, 0.3) is 0 Å². The maximum atomic E-state index is 11.9. The second-order valence-corrected chi connectivity index (χ2v) is 5.81. The number of aromatic nitrogens is 1. The molecule has 0 unspecified atom stereocenters. The highest BCUT2D eigenvalue weighted by atomic mass is 32.1. The normalized spacial score (nSPS) is 13.8. The number of amides is 1. The Morgan fingerprint density at radius 2 is 2.20 bits per heavy atom. The predicted octanol–water partition coefficient (Wildman–Crippen LogP) is 2.79. The van der Waals surface area contributed by atoms with Crippen LogP contribution in [0.5, 0.6) is 0 Å². The van der Waals surface area contributed by atoms with Crippen LogP contribution in [0.1, 0.15) is 22.6 Å². The second-order valence-electron chi connectivity index (χ2n) is 4.73. The summed E-state index contributed by atoms with van der Waals surface area (Å²) < 4.78 is 5.38. The minimum absolute atomic E-state index is 0.0147. The van der Waals surface area contributed by atoms with E-state index >= 15 is 0 Å². The Hall–Kier alpha value is -1.72. The van der Waals surface area contributed by atoms with Crippen molar-refractivity contribution in [2.75, 3.05) is 11.9 Å². The van der Waals surface area contributed by atoms with E-state index in [-0.39, 0.29) is 5.91 Å². The molecule has 3 rings (SSSR count). The Bertz CT molecular complexity index is 572. The number of rotatable bonds is 4. The van der Waals surface area contributed by atoms with Crippen LogP contribution in [0.3, 0.4) is 0 Å². The highest BCUT2D eigenvalue weighted by Crippen LogP contribution is 2.27. The third kappa shape index (κ3) is 3.23. The zero-order valence-corrected chi connectivity index (χ0v) is 11.9. The fourth-order valence-corrected chi connectivity index (χ4v) is 3.12. The minimum atomic E-state index is 0.0147. The van der Waals surface area contributed by atoms with Gasteiger partial charge in [0.2, 0.25) is 5.91 Å². The molecule has 1 aromatic heterocycles. The van der Waals surface area contributed by atoms with E-state index in [1.165, 1.54) is 16.9 Å². The number of nitrogens with one attached hydrogen (secondary N) is 1. The molecule has 20 heavy (non-hydrogen) atoms. The van der Waals surface area contributed by atoms with Gasteiger partial charge in [0.1, 0.15) is 0 Å². The van der Waals surface area contributed by atoms with E-state index in [2.05, 4.69) is 10.3 Å². The van der Waals surface area contributed by atoms with Crippen molar-refractivity contribution in [3.8, 4) is 0 Å². The minimum Gasteiger partial charge on any atom is -0.375 e. The molecule has 2 aromatic rings. The summed E-state index contributed by atoms with van der Waals surface area (Å²) >= 11 is 1.52. The molecule has 2 heterocycles. The van der Waals surface area contributed by atoms with Gasteiger partial charge in [-0.25, -0.2) is 4.98 Å². The predicted molar refractivity (Wildman–Crippen MR) is 78.9 cm³/mol. The SMILES string of the molecule is O=C(CCc1ccccc1)Nc1nc2c(s1)COCC2. The number of thiazole rings is 1. The molecular weight excluding hydrogens is 272 g/mol. The molecule has 1 N–H and O–H groups in total. The lowest BCUT2D eigenvalue weighted by molar-refractivity contribution is -0.116. The quantitative estimate of drug-likeness (QED) is 0.941. The smallest absolute Gasteiger partial charge is 0.226 e. The van der Waals surface area contributed by atoms with Crippen molar-refractivity contribution in [1.82, 2.24) is 4.98 Å². The first-order valence-electron chi connectivity index (χ1n) is 6.71. The standard InChI is InChI=1S/C15H16N2O2S/c18-14(7-6-11-4-2-1-3-5-11)17-15-16-12-8-9-19-10-13(12)20-15/h1-5H,6-10H2,(H,16,17,18). The van der Waals surface area contributed by atoms with Gasteiger partial charge in [0, 0.05) is 12.8 Å². The van der Waals surface area contributed by atoms with Gasteiger partial charge >= 0.3 is 0 Å². The van der Waals surface area contributed by atoms with Crippen molar-refractivity contribution >= 4 is 22.4 Å². The van der Waals surface area contributed by atoms with Crippen LogP contribution in [0.2, 0.25) is 0 Å². The maximum absolute atomic E-state index is 11.9. The van der Waals surface area contributed by atoms with Gasteiger partial charge in [-0.3, -0.25) is 4.79 Å². The number of carbonyl (C=O) groups excluding carboxylic acids is 1. The van der Waals surface area contributed by atoms with E-state index < -0.39 is 0 Å². The fraction of sp³-hybridized carbons (Fsp3) is 0.333. The molecule has 0 atom stereocenters. The molecule has 5 heteroatoms. The molecule has 1 aromatic carbocycles. The Labute approximate surface area is 121 Å². The van der Waals surface area contributed by atoms with E-state index in [1.54, 1.807) is 0 Å². The van der Waals surface area contributed by atoms with Crippen LogP contribution in [0.4, 0.5) is 5.13 Å². The first kappa shape index (κ1) is 13.3. The third-order valence-corrected chi connectivity index (χ3v) is 4.21. The van der Waals surface area contributed by atoms with Crippen molar-refractivity contribution in [2.24, 2.45) is 0 Å². The Morgan fingerprint density at radius 1 is 1.35 bits per heavy atom. The van der Waals surface area contributed by atoms with Crippen LogP contribution < -0.4 is 5.32 Å². The van der Waals surface area contributed by atoms with E-state index in [4.69, 9.17) is 4.74 Å². The van der Waals surface area contributed by atoms with Crippen LogP contribution in [0.15, 0.2) is 30.3 Å². The van der Waals surface area contributed by atoms with Crippen molar-refractivity contribution in [2.45, 2.75) is 25.9 Å². The summed E-state index contributed by atoms with van der Waals surface area (Å²) in [7, 11) is 0. The number of fused-ring (bicyclic) bond motifs is 1. The van der Waals surface area contributed by atoms with Gasteiger partial charge < -0.3 is 10.1 Å². The van der Waals surface area contributed by atoms with E-state index in [0.29, 0.717) is 18.2 Å². The molecule has 1 aliphatic rings. The zero-order chi connectivity index (χ0) is 13.8. The van der Waals surface area contributed by atoms with Crippen molar-refractivity contribution < 1.29 is 9.53 Å². The highest BCUT2D eigenvalue weighted by Gasteiger charge is 2.16. The lowest BCUT2D eigenvalue weighted by atomic mass is 10.1. The summed E-state index contributed by atoms with van der Waals surface area (Å²) in [6.07, 6.45) is 2.07. The molecule has 0 aliphatic carbocycles. The average Bonchev–Trinajstić information content (AvgIpc) is 2.88. The third-order valence-electron chi connectivity index (χ3n) is 3.22. The van der Waals surface area contributed by atoms with Gasteiger partial charge in [0.05, 0.1) is 23.8 Å². The Morgan fingerprint density at radius 3 is 3.00 bits per heavy atom. The lowest BCUT2D eigenvalue weighted by Crippen LogP contribution is -2.12. The zero-order valence-electron chi connectivity index (χ0n) is 11.1. The van der Waals surface area contributed by atoms with E-state index in [9.17, 15) is 4.79 Å². The van der Waals surface area contributed by atoms with E-state index in [0.717, 1.165) is 30.0 Å². The van der Waals surface area contributed by atoms with E-state index in [1.807, 2.05) is 30.3 Å². The summed E-state index contributed by atoms with van der Waals surface area (Å²) in [4.78, 5) is 17.5. The Kier molecular flexibility index (Phi) is 4.08. The van der Waals surface area contributed by atoms with Gasteiger partial charge in [-0.1, -0.05) is 41.7 Å². The van der Waals surface area contributed by atoms with Gasteiger partial charge in [-0.2, -0.15) is 0 Å². The second kappa shape index (κ2) is 6.15. The van der Waals surface area contributed by atoms with Gasteiger partial charge in [-0.05, 0) is 12.0 Å². The molecule has 0 fully saturated rings. The van der Waals surface area contributed by atoms with Crippen LogP contribution in [-0.4, -0.2) is 17.5 Å². The number of hydrogen-bond donors (Lipinski definition) is 1. The number of aryl methyl sites for hydroxylation is 1. The maximum Gasteiger partial charge on any atom is 0.226 e. The van der Waals surface area contributed by atoms with Crippen LogP contribution in [0, 0.1) is 0 Å². The summed E-state index contributed by atoms with van der Waals surface area (Å²) in [6.45, 7) is 1.34. The molecule has 1 aliphatic heterocycles. The molecular formula is C15H16N2O2S. The summed E-state index contributed by atoms with van der Waals surface area (Å²) in [5, 5.41) is 3.58. The molecule has 0 bridgehead atoms. The number of benzene rings is 1. The number of nitrogens with zero attached hydrogens (tertiary/aromatic N) is 1. The number of carbonyl (C=O) groups is 1. The molecule has 0 saturated carbocycles. The van der Waals surface area contributed by atoms with Crippen molar-refractivity contribution in [3.63, 3.8) is 0 Å². The molecule has 104 valence electrons. The molecule has 0 saturated heterocycles. The largest absolute Gasteiger partial charge is 0.375 e. The summed E-state index contributed by atoms with van der Waals surface area (Å²) in [6, 6.07) is 10.0. The topological polar surface area (TPSA) is 51.2 Å². The summed E-state index contributed by atoms with van der Waals surface area (Å²) in [5.41, 5.74) is 2.24.